The normalized spacial score (nSPS) is 10.3. The molecule has 0 saturated heterocycles. The first-order chi connectivity index (χ1) is 6.72. The highest BCUT2D eigenvalue weighted by atomic mass is 35.5. The molecule has 3 nitrogen and oxygen atoms in total. The fraction of sp³-hybridized carbons (Fsp3) is 0.100. The van der Waals surface area contributed by atoms with E-state index in [-0.39, 0.29) is 12.2 Å². The molecule has 0 fully saturated rings. The molecule has 0 spiro atoms. The van der Waals surface area contributed by atoms with Crippen molar-refractivity contribution in [3.63, 3.8) is 0 Å². The van der Waals surface area contributed by atoms with E-state index in [2.05, 4.69) is 4.98 Å². The number of nitrogens with one attached hydrogen (secondary N) is 1. The molecule has 1 aromatic heterocycles. The van der Waals surface area contributed by atoms with Gasteiger partial charge in [-0.1, -0.05) is 11.6 Å². The second-order valence-corrected chi connectivity index (χ2v) is 3.43. The van der Waals surface area contributed by atoms with E-state index in [0.29, 0.717) is 10.4 Å². The molecule has 0 bridgehead atoms. The van der Waals surface area contributed by atoms with Gasteiger partial charge in [0.25, 0.3) is 0 Å². The minimum absolute atomic E-state index is 0.110. The highest BCUT2D eigenvalue weighted by Crippen LogP contribution is 2.31. The summed E-state index contributed by atoms with van der Waals surface area (Å²) in [5.41, 5.74) is 1.54. The third-order valence-electron chi connectivity index (χ3n) is 2.07. The Hall–Kier alpha value is -1.66. The van der Waals surface area contributed by atoms with Crippen molar-refractivity contribution in [1.82, 2.24) is 4.98 Å². The summed E-state index contributed by atoms with van der Waals surface area (Å²) in [7, 11) is 0. The van der Waals surface area contributed by atoms with E-state index in [1.807, 2.05) is 6.07 Å². The summed E-state index contributed by atoms with van der Waals surface area (Å²) in [6.07, 6.45) is 1.99. The Balaban J connectivity index is 2.74. The summed E-state index contributed by atoms with van der Waals surface area (Å²) < 4.78 is 0. The van der Waals surface area contributed by atoms with Crippen LogP contribution in [0, 0.1) is 11.3 Å². The number of H-pyrrole nitrogens is 1. The van der Waals surface area contributed by atoms with Gasteiger partial charge in [0.1, 0.15) is 5.75 Å². The predicted molar refractivity (Wildman–Crippen MR) is 54.3 cm³/mol. The van der Waals surface area contributed by atoms with Crippen molar-refractivity contribution in [3.05, 3.63) is 28.9 Å². The van der Waals surface area contributed by atoms with Gasteiger partial charge in [-0.05, 0) is 17.7 Å². The van der Waals surface area contributed by atoms with Gasteiger partial charge < -0.3 is 10.1 Å². The van der Waals surface area contributed by atoms with Gasteiger partial charge in [-0.15, -0.1) is 0 Å². The minimum Gasteiger partial charge on any atom is -0.507 e. The molecule has 0 radical (unpaired) electrons. The molecule has 0 aliphatic rings. The van der Waals surface area contributed by atoms with E-state index in [1.165, 1.54) is 6.07 Å². The standard InChI is InChI=1S/C10H7ClN2O/c11-7-3-8-10(9(14)4-7)6(1-2-12)5-13-8/h3-5,13-14H,1H2. The van der Waals surface area contributed by atoms with Crippen LogP contribution < -0.4 is 0 Å². The van der Waals surface area contributed by atoms with Crippen LogP contribution in [-0.4, -0.2) is 10.1 Å². The molecule has 0 unspecified atom stereocenters. The number of aromatic hydroxyl groups is 1. The van der Waals surface area contributed by atoms with Crippen LogP contribution in [0.3, 0.4) is 0 Å². The second kappa shape index (κ2) is 3.24. The van der Waals surface area contributed by atoms with Crippen LogP contribution in [0.5, 0.6) is 5.75 Å². The first-order valence-corrected chi connectivity index (χ1v) is 4.45. The topological polar surface area (TPSA) is 59.8 Å². The van der Waals surface area contributed by atoms with Gasteiger partial charge in [0.2, 0.25) is 0 Å². The maximum atomic E-state index is 9.63. The van der Waals surface area contributed by atoms with Crippen molar-refractivity contribution in [2.75, 3.05) is 0 Å². The van der Waals surface area contributed by atoms with E-state index < -0.39 is 0 Å². The average molecular weight is 207 g/mol. The zero-order valence-corrected chi connectivity index (χ0v) is 7.97. The molecule has 4 heteroatoms. The predicted octanol–water partition coefficient (Wildman–Crippen LogP) is 2.59. The SMILES string of the molecule is N#CCc1c[nH]c2cc(Cl)cc(O)c12. The van der Waals surface area contributed by atoms with Gasteiger partial charge >= 0.3 is 0 Å². The van der Waals surface area contributed by atoms with Gasteiger partial charge in [0.05, 0.1) is 18.0 Å². The van der Waals surface area contributed by atoms with Crippen LogP contribution in [-0.2, 0) is 6.42 Å². The van der Waals surface area contributed by atoms with Crippen LogP contribution >= 0.6 is 11.6 Å². The number of fused-ring (bicyclic) bond motifs is 1. The first-order valence-electron chi connectivity index (χ1n) is 4.08. The fourth-order valence-electron chi connectivity index (χ4n) is 1.51. The van der Waals surface area contributed by atoms with E-state index >= 15 is 0 Å². The molecule has 70 valence electrons. The number of hydrogen-bond acceptors (Lipinski definition) is 2. The summed E-state index contributed by atoms with van der Waals surface area (Å²) in [6, 6.07) is 5.23. The lowest BCUT2D eigenvalue weighted by Gasteiger charge is -1.98. The fourth-order valence-corrected chi connectivity index (χ4v) is 1.72. The quantitative estimate of drug-likeness (QED) is 0.754. The average Bonchev–Trinajstić information content (AvgIpc) is 2.49. The van der Waals surface area contributed by atoms with E-state index in [0.717, 1.165) is 11.1 Å². The molecule has 0 amide bonds. The Kier molecular flexibility index (Phi) is 2.06. The molecular formula is C10H7ClN2O. The minimum atomic E-state index is 0.110. The highest BCUT2D eigenvalue weighted by molar-refractivity contribution is 6.31. The number of aromatic nitrogens is 1. The number of nitrogens with zero attached hydrogens (tertiary/aromatic N) is 1. The van der Waals surface area contributed by atoms with E-state index in [9.17, 15) is 5.11 Å². The van der Waals surface area contributed by atoms with Crippen LogP contribution in [0.25, 0.3) is 10.9 Å². The first kappa shape index (κ1) is 8.92. The number of phenols is 1. The number of benzene rings is 1. The Bertz CT molecular complexity index is 525. The van der Waals surface area contributed by atoms with Crippen LogP contribution in [0.2, 0.25) is 5.02 Å². The Morgan fingerprint density at radius 3 is 3.00 bits per heavy atom. The van der Waals surface area contributed by atoms with Gasteiger partial charge in [-0.2, -0.15) is 5.26 Å². The number of halogens is 1. The van der Waals surface area contributed by atoms with Gasteiger partial charge in [-0.25, -0.2) is 0 Å². The molecule has 2 rings (SSSR count). The molecule has 0 saturated carbocycles. The number of nitriles is 1. The number of rotatable bonds is 1. The van der Waals surface area contributed by atoms with Gasteiger partial charge in [-0.3, -0.25) is 0 Å². The second-order valence-electron chi connectivity index (χ2n) is 3.00. The third kappa shape index (κ3) is 1.30. The van der Waals surface area contributed by atoms with Crippen molar-refractivity contribution < 1.29 is 5.11 Å². The maximum absolute atomic E-state index is 9.63. The lowest BCUT2D eigenvalue weighted by atomic mass is 10.1. The zero-order chi connectivity index (χ0) is 10.1. The van der Waals surface area contributed by atoms with Gasteiger partial charge in [0, 0.05) is 16.6 Å². The van der Waals surface area contributed by atoms with E-state index in [4.69, 9.17) is 16.9 Å². The molecular weight excluding hydrogens is 200 g/mol. The van der Waals surface area contributed by atoms with Crippen molar-refractivity contribution in [2.45, 2.75) is 6.42 Å². The smallest absolute Gasteiger partial charge is 0.126 e. The Labute approximate surface area is 85.5 Å². The lowest BCUT2D eigenvalue weighted by Crippen LogP contribution is -1.78. The monoisotopic (exact) mass is 206 g/mol. The zero-order valence-electron chi connectivity index (χ0n) is 7.21. The van der Waals surface area contributed by atoms with Crippen LogP contribution in [0.15, 0.2) is 18.3 Å². The highest BCUT2D eigenvalue weighted by Gasteiger charge is 2.08. The van der Waals surface area contributed by atoms with Gasteiger partial charge in [0.15, 0.2) is 0 Å². The molecule has 14 heavy (non-hydrogen) atoms. The molecule has 1 heterocycles. The molecule has 0 aliphatic carbocycles. The van der Waals surface area contributed by atoms with Crippen molar-refractivity contribution in [2.24, 2.45) is 0 Å². The maximum Gasteiger partial charge on any atom is 0.126 e. The van der Waals surface area contributed by atoms with E-state index in [1.54, 1.807) is 12.3 Å². The van der Waals surface area contributed by atoms with Crippen molar-refractivity contribution >= 4 is 22.5 Å². The summed E-state index contributed by atoms with van der Waals surface area (Å²) in [5, 5.41) is 19.4. The molecule has 0 atom stereocenters. The number of hydrogen-bond donors (Lipinski definition) is 2. The summed E-state index contributed by atoms with van der Waals surface area (Å²) in [6.45, 7) is 0. The largest absolute Gasteiger partial charge is 0.507 e. The number of phenolic OH excluding ortho intramolecular Hbond substituents is 1. The van der Waals surface area contributed by atoms with Crippen molar-refractivity contribution in [1.29, 1.82) is 5.26 Å². The summed E-state index contributed by atoms with van der Waals surface area (Å²) in [5.74, 6) is 0.110. The summed E-state index contributed by atoms with van der Waals surface area (Å²) in [4.78, 5) is 2.96. The Morgan fingerprint density at radius 2 is 2.29 bits per heavy atom. The van der Waals surface area contributed by atoms with Crippen LogP contribution in [0.4, 0.5) is 0 Å². The van der Waals surface area contributed by atoms with Crippen LogP contribution in [0.1, 0.15) is 5.56 Å². The Morgan fingerprint density at radius 1 is 1.50 bits per heavy atom. The lowest BCUT2D eigenvalue weighted by molar-refractivity contribution is 0.481. The number of aromatic amines is 1. The molecule has 1 aromatic carbocycles. The molecule has 2 aromatic rings. The summed E-state index contributed by atoms with van der Waals surface area (Å²) >= 11 is 5.77. The third-order valence-corrected chi connectivity index (χ3v) is 2.29. The molecule has 0 aliphatic heterocycles. The molecule has 2 N–H and O–H groups in total. The van der Waals surface area contributed by atoms with Crippen molar-refractivity contribution in [3.8, 4) is 11.8 Å².